The van der Waals surface area contributed by atoms with Crippen LogP contribution < -0.4 is 0 Å². The molecule has 112 valence electrons. The molecule has 0 unspecified atom stereocenters. The third-order valence-corrected chi connectivity index (χ3v) is 3.86. The summed E-state index contributed by atoms with van der Waals surface area (Å²) in [7, 11) is -3.95. The van der Waals surface area contributed by atoms with Gasteiger partial charge in [-0.05, 0) is 11.1 Å². The van der Waals surface area contributed by atoms with Crippen molar-refractivity contribution >= 4 is 10.1 Å². The van der Waals surface area contributed by atoms with E-state index in [1.165, 1.54) is 0 Å². The van der Waals surface area contributed by atoms with Crippen molar-refractivity contribution in [3.05, 3.63) is 71.8 Å². The Labute approximate surface area is 125 Å². The maximum atomic E-state index is 11.0. The molecule has 0 fully saturated rings. The number of nitrogens with zero attached hydrogens (tertiary/aromatic N) is 1. The fourth-order valence-electron chi connectivity index (χ4n) is 2.14. The van der Waals surface area contributed by atoms with Crippen LogP contribution in [0.5, 0.6) is 0 Å². The van der Waals surface area contributed by atoms with Crippen molar-refractivity contribution in [2.75, 3.05) is 12.3 Å². The lowest BCUT2D eigenvalue weighted by molar-refractivity contribution is 0.270. The van der Waals surface area contributed by atoms with Crippen LogP contribution in [0.25, 0.3) is 0 Å². The molecule has 0 amide bonds. The molecule has 0 bridgehead atoms. The fraction of sp³-hybridized carbons (Fsp3) is 0.250. The number of benzene rings is 2. The van der Waals surface area contributed by atoms with Crippen LogP contribution in [0.1, 0.15) is 11.1 Å². The Hall–Kier alpha value is -1.69. The lowest BCUT2D eigenvalue weighted by Gasteiger charge is -2.22. The van der Waals surface area contributed by atoms with Crippen LogP contribution in [-0.2, 0) is 23.2 Å². The first-order valence-electron chi connectivity index (χ1n) is 6.78. The normalized spacial score (nSPS) is 11.7. The van der Waals surface area contributed by atoms with E-state index in [4.69, 9.17) is 4.55 Å². The Balaban J connectivity index is 2.06. The molecule has 0 aromatic heterocycles. The Morgan fingerprint density at radius 3 is 1.62 bits per heavy atom. The van der Waals surface area contributed by atoms with Gasteiger partial charge in [-0.25, -0.2) is 0 Å². The zero-order chi connectivity index (χ0) is 15.1. The van der Waals surface area contributed by atoms with Crippen molar-refractivity contribution in [1.82, 2.24) is 4.90 Å². The van der Waals surface area contributed by atoms with Gasteiger partial charge in [-0.2, -0.15) is 8.42 Å². The predicted molar refractivity (Wildman–Crippen MR) is 83.4 cm³/mol. The van der Waals surface area contributed by atoms with Crippen molar-refractivity contribution in [2.45, 2.75) is 13.1 Å². The summed E-state index contributed by atoms with van der Waals surface area (Å²) in [6, 6.07) is 19.7. The zero-order valence-electron chi connectivity index (χ0n) is 11.7. The molecule has 0 saturated carbocycles. The van der Waals surface area contributed by atoms with Crippen LogP contribution in [0, 0.1) is 0 Å². The maximum Gasteiger partial charge on any atom is 0.266 e. The molecule has 2 rings (SSSR count). The number of hydrogen-bond acceptors (Lipinski definition) is 3. The smallest absolute Gasteiger partial charge is 0.266 e. The summed E-state index contributed by atoms with van der Waals surface area (Å²) in [5.41, 5.74) is 2.23. The molecule has 0 aliphatic rings. The lowest BCUT2D eigenvalue weighted by Crippen LogP contribution is -2.28. The summed E-state index contributed by atoms with van der Waals surface area (Å²) < 4.78 is 30.9. The lowest BCUT2D eigenvalue weighted by atomic mass is 10.1. The van der Waals surface area contributed by atoms with Gasteiger partial charge >= 0.3 is 0 Å². The van der Waals surface area contributed by atoms with E-state index in [9.17, 15) is 8.42 Å². The summed E-state index contributed by atoms with van der Waals surface area (Å²) in [5.74, 6) is -0.257. The van der Waals surface area contributed by atoms with E-state index in [0.29, 0.717) is 19.6 Å². The van der Waals surface area contributed by atoms with Crippen LogP contribution in [-0.4, -0.2) is 30.2 Å². The van der Waals surface area contributed by atoms with E-state index in [1.54, 1.807) is 0 Å². The summed E-state index contributed by atoms with van der Waals surface area (Å²) in [5, 5.41) is 0. The molecule has 0 atom stereocenters. The van der Waals surface area contributed by atoms with Gasteiger partial charge < -0.3 is 0 Å². The summed E-state index contributed by atoms with van der Waals surface area (Å²) in [4.78, 5) is 2.01. The highest BCUT2D eigenvalue weighted by molar-refractivity contribution is 7.85. The van der Waals surface area contributed by atoms with Crippen molar-refractivity contribution in [1.29, 1.82) is 0 Å². The van der Waals surface area contributed by atoms with Crippen molar-refractivity contribution in [3.63, 3.8) is 0 Å². The molecule has 21 heavy (non-hydrogen) atoms. The molecule has 0 saturated heterocycles. The van der Waals surface area contributed by atoms with Gasteiger partial charge in [0.1, 0.15) is 0 Å². The monoisotopic (exact) mass is 305 g/mol. The molecule has 0 heterocycles. The van der Waals surface area contributed by atoms with E-state index in [-0.39, 0.29) is 5.75 Å². The van der Waals surface area contributed by atoms with E-state index < -0.39 is 10.1 Å². The Morgan fingerprint density at radius 2 is 1.24 bits per heavy atom. The first-order chi connectivity index (χ1) is 10.0. The zero-order valence-corrected chi connectivity index (χ0v) is 12.5. The first-order valence-corrected chi connectivity index (χ1v) is 8.39. The average Bonchev–Trinajstić information content (AvgIpc) is 2.46. The van der Waals surface area contributed by atoms with Gasteiger partial charge in [0, 0.05) is 19.6 Å². The third kappa shape index (κ3) is 6.08. The van der Waals surface area contributed by atoms with E-state index in [2.05, 4.69) is 0 Å². The van der Waals surface area contributed by atoms with Gasteiger partial charge in [-0.15, -0.1) is 0 Å². The van der Waals surface area contributed by atoms with Crippen molar-refractivity contribution in [2.24, 2.45) is 0 Å². The van der Waals surface area contributed by atoms with Gasteiger partial charge in [0.25, 0.3) is 10.1 Å². The summed E-state index contributed by atoms with van der Waals surface area (Å²) in [6.07, 6.45) is 0. The Morgan fingerprint density at radius 1 is 0.810 bits per heavy atom. The second-order valence-electron chi connectivity index (χ2n) is 4.97. The largest absolute Gasteiger partial charge is 0.294 e. The highest BCUT2D eigenvalue weighted by Crippen LogP contribution is 2.10. The molecule has 0 radical (unpaired) electrons. The van der Waals surface area contributed by atoms with Crippen LogP contribution in [0.2, 0.25) is 0 Å². The topological polar surface area (TPSA) is 57.6 Å². The first kappa shape index (κ1) is 15.7. The van der Waals surface area contributed by atoms with Crippen LogP contribution in [0.3, 0.4) is 0 Å². The van der Waals surface area contributed by atoms with Gasteiger partial charge in [-0.1, -0.05) is 60.7 Å². The minimum absolute atomic E-state index is 0.257. The van der Waals surface area contributed by atoms with Crippen LogP contribution in [0.4, 0.5) is 0 Å². The third-order valence-electron chi connectivity index (χ3n) is 3.16. The minimum atomic E-state index is -3.95. The molecular formula is C16H19NO3S. The highest BCUT2D eigenvalue weighted by Gasteiger charge is 2.12. The molecule has 0 aliphatic heterocycles. The Kier molecular flexibility index (Phi) is 5.50. The molecule has 0 spiro atoms. The summed E-state index contributed by atoms with van der Waals surface area (Å²) >= 11 is 0. The fourth-order valence-corrected chi connectivity index (χ4v) is 2.63. The molecular weight excluding hydrogens is 286 g/mol. The van der Waals surface area contributed by atoms with Gasteiger partial charge in [0.2, 0.25) is 0 Å². The molecule has 1 N–H and O–H groups in total. The second-order valence-corrected chi connectivity index (χ2v) is 6.54. The minimum Gasteiger partial charge on any atom is -0.294 e. The van der Waals surface area contributed by atoms with E-state index >= 15 is 0 Å². The van der Waals surface area contributed by atoms with Gasteiger partial charge in [-0.3, -0.25) is 9.45 Å². The van der Waals surface area contributed by atoms with E-state index in [1.807, 2.05) is 65.6 Å². The maximum absolute atomic E-state index is 11.0. The quantitative estimate of drug-likeness (QED) is 0.799. The molecule has 2 aromatic rings. The standard InChI is InChI=1S/C16H19NO3S/c18-21(19,20)12-11-17(13-15-7-3-1-4-8-15)14-16-9-5-2-6-10-16/h1-10H,11-14H2,(H,18,19,20). The highest BCUT2D eigenvalue weighted by atomic mass is 32.2. The molecule has 0 aliphatic carbocycles. The van der Waals surface area contributed by atoms with Gasteiger partial charge in [0.05, 0.1) is 5.75 Å². The van der Waals surface area contributed by atoms with E-state index in [0.717, 1.165) is 11.1 Å². The average molecular weight is 305 g/mol. The second kappa shape index (κ2) is 7.36. The molecule has 2 aromatic carbocycles. The number of hydrogen-bond donors (Lipinski definition) is 1. The predicted octanol–water partition coefficient (Wildman–Crippen LogP) is 2.58. The molecule has 4 nitrogen and oxygen atoms in total. The van der Waals surface area contributed by atoms with Crippen molar-refractivity contribution < 1.29 is 13.0 Å². The number of rotatable bonds is 7. The van der Waals surface area contributed by atoms with Crippen LogP contribution >= 0.6 is 0 Å². The summed E-state index contributed by atoms with van der Waals surface area (Å²) in [6.45, 7) is 1.58. The molecule has 5 heteroatoms. The van der Waals surface area contributed by atoms with Crippen LogP contribution in [0.15, 0.2) is 60.7 Å². The van der Waals surface area contributed by atoms with Gasteiger partial charge in [0.15, 0.2) is 0 Å². The SMILES string of the molecule is O=S(=O)(O)CCN(Cc1ccccc1)Cc1ccccc1. The Bertz CT molecular complexity index is 600. The van der Waals surface area contributed by atoms with Crippen molar-refractivity contribution in [3.8, 4) is 0 Å².